The smallest absolute Gasteiger partial charge is 0.213 e. The molecule has 0 aliphatic heterocycles. The maximum atomic E-state index is 5.46. The summed E-state index contributed by atoms with van der Waals surface area (Å²) in [7, 11) is 0. The molecule has 0 amide bonds. The number of aromatic nitrogens is 1. The maximum Gasteiger partial charge on any atom is 0.213 e. The van der Waals surface area contributed by atoms with Gasteiger partial charge in [-0.2, -0.15) is 0 Å². The number of nitrogens with one attached hydrogen (secondary N) is 1. The Hall–Kier alpha value is -1.01. The van der Waals surface area contributed by atoms with Gasteiger partial charge in [-0.25, -0.2) is 4.98 Å². The van der Waals surface area contributed by atoms with Crippen molar-refractivity contribution in [3.63, 3.8) is 0 Å². The number of rotatable bonds is 5. The summed E-state index contributed by atoms with van der Waals surface area (Å²) in [5.41, 5.74) is 0.919. The monoisotopic (exact) mass is 374 g/mol. The zero-order valence-corrected chi connectivity index (χ0v) is 12.9. The summed E-state index contributed by atoms with van der Waals surface area (Å²) in [5.74, 6) is 1.47. The Labute approximate surface area is 122 Å². The topological polar surface area (TPSA) is 47.3 Å². The van der Waals surface area contributed by atoms with Gasteiger partial charge in [-0.15, -0.1) is 0 Å². The molecule has 18 heavy (non-hydrogen) atoms. The molecule has 2 aromatic heterocycles. The first-order valence-corrected chi connectivity index (χ1v) is 7.04. The zero-order valence-electron chi connectivity index (χ0n) is 9.74. The molecule has 0 unspecified atom stereocenters. The van der Waals surface area contributed by atoms with Crippen LogP contribution >= 0.6 is 31.9 Å². The molecule has 2 rings (SSSR count). The largest absolute Gasteiger partial charge is 0.478 e. The minimum absolute atomic E-state index is 0.597. The number of nitrogens with zero attached hydrogens (tertiary/aromatic N) is 1. The van der Waals surface area contributed by atoms with Gasteiger partial charge in [0.15, 0.2) is 4.67 Å². The van der Waals surface area contributed by atoms with E-state index in [1.54, 1.807) is 6.20 Å². The average molecular weight is 376 g/mol. The van der Waals surface area contributed by atoms with Crippen LogP contribution in [0.1, 0.15) is 12.7 Å². The summed E-state index contributed by atoms with van der Waals surface area (Å²) in [6.07, 6.45) is 1.73. The van der Waals surface area contributed by atoms with E-state index in [0.717, 1.165) is 15.9 Å². The summed E-state index contributed by atoms with van der Waals surface area (Å²) in [6.45, 7) is 3.15. The highest BCUT2D eigenvalue weighted by Crippen LogP contribution is 2.27. The molecule has 0 bridgehead atoms. The predicted molar refractivity (Wildman–Crippen MR) is 76.8 cm³/mol. The van der Waals surface area contributed by atoms with Crippen molar-refractivity contribution >= 4 is 37.5 Å². The molecule has 0 fully saturated rings. The van der Waals surface area contributed by atoms with E-state index in [1.165, 1.54) is 0 Å². The average Bonchev–Trinajstić information content (AvgIpc) is 2.68. The minimum atomic E-state index is 0.597. The Balaban J connectivity index is 1.93. The second-order valence-corrected chi connectivity index (χ2v) is 5.08. The molecule has 4 nitrogen and oxygen atoms in total. The van der Waals surface area contributed by atoms with Crippen LogP contribution in [0, 0.1) is 0 Å². The fourth-order valence-corrected chi connectivity index (χ4v) is 2.04. The van der Waals surface area contributed by atoms with Gasteiger partial charge in [-0.3, -0.25) is 0 Å². The molecule has 0 aliphatic rings. The number of anilines is 1. The van der Waals surface area contributed by atoms with Gasteiger partial charge in [0.25, 0.3) is 0 Å². The van der Waals surface area contributed by atoms with Crippen molar-refractivity contribution in [2.24, 2.45) is 0 Å². The SMILES string of the molecule is CCOc1ccc(NCc2cc(Br)c(Br)o2)cn1. The zero-order chi connectivity index (χ0) is 13.0. The third kappa shape index (κ3) is 3.49. The molecule has 0 aliphatic carbocycles. The van der Waals surface area contributed by atoms with E-state index in [0.29, 0.717) is 23.7 Å². The lowest BCUT2D eigenvalue weighted by Gasteiger charge is -2.05. The minimum Gasteiger partial charge on any atom is -0.478 e. The second-order valence-electron chi connectivity index (χ2n) is 3.51. The fraction of sp³-hybridized carbons (Fsp3) is 0.250. The Bertz CT molecular complexity index is 492. The van der Waals surface area contributed by atoms with Gasteiger partial charge < -0.3 is 14.5 Å². The van der Waals surface area contributed by atoms with Crippen LogP contribution in [0.3, 0.4) is 0 Å². The van der Waals surface area contributed by atoms with Crippen LogP contribution in [-0.2, 0) is 6.54 Å². The Morgan fingerprint density at radius 2 is 2.22 bits per heavy atom. The van der Waals surface area contributed by atoms with Gasteiger partial charge in [0.1, 0.15) is 5.76 Å². The van der Waals surface area contributed by atoms with E-state index in [-0.39, 0.29) is 0 Å². The van der Waals surface area contributed by atoms with E-state index >= 15 is 0 Å². The van der Waals surface area contributed by atoms with E-state index in [4.69, 9.17) is 9.15 Å². The molecule has 6 heteroatoms. The Morgan fingerprint density at radius 1 is 1.39 bits per heavy atom. The van der Waals surface area contributed by atoms with Crippen molar-refractivity contribution in [1.29, 1.82) is 0 Å². The van der Waals surface area contributed by atoms with Gasteiger partial charge in [-0.05, 0) is 50.9 Å². The van der Waals surface area contributed by atoms with Crippen LogP contribution in [0.5, 0.6) is 5.88 Å². The van der Waals surface area contributed by atoms with Gasteiger partial charge in [0.2, 0.25) is 5.88 Å². The molecule has 0 saturated carbocycles. The second kappa shape index (κ2) is 6.24. The van der Waals surface area contributed by atoms with Crippen molar-refractivity contribution in [2.45, 2.75) is 13.5 Å². The Kier molecular flexibility index (Phi) is 4.66. The third-order valence-electron chi connectivity index (χ3n) is 2.19. The lowest BCUT2D eigenvalue weighted by Crippen LogP contribution is -1.99. The first kappa shape index (κ1) is 13.4. The van der Waals surface area contributed by atoms with Gasteiger partial charge in [0, 0.05) is 6.07 Å². The van der Waals surface area contributed by atoms with Crippen molar-refractivity contribution < 1.29 is 9.15 Å². The van der Waals surface area contributed by atoms with E-state index in [1.807, 2.05) is 25.1 Å². The molecule has 0 aromatic carbocycles. The summed E-state index contributed by atoms with van der Waals surface area (Å²) in [5, 5.41) is 3.22. The highest BCUT2D eigenvalue weighted by molar-refractivity contribution is 9.13. The Morgan fingerprint density at radius 3 is 2.78 bits per heavy atom. The third-order valence-corrected chi connectivity index (χ3v) is 3.90. The molecule has 0 spiro atoms. The van der Waals surface area contributed by atoms with Crippen LogP contribution in [-0.4, -0.2) is 11.6 Å². The molecule has 1 N–H and O–H groups in total. The van der Waals surface area contributed by atoms with Crippen molar-refractivity contribution in [1.82, 2.24) is 4.98 Å². The van der Waals surface area contributed by atoms with Crippen molar-refractivity contribution in [3.05, 3.63) is 39.3 Å². The molecule has 0 saturated heterocycles. The standard InChI is InChI=1S/C12H12Br2N2O2/c1-2-17-11-4-3-8(6-16-11)15-7-9-5-10(13)12(14)18-9/h3-6,15H,2,7H2,1H3. The fourth-order valence-electron chi connectivity index (χ4n) is 1.39. The maximum absolute atomic E-state index is 5.46. The molecule has 2 heterocycles. The van der Waals surface area contributed by atoms with Crippen LogP contribution in [0.2, 0.25) is 0 Å². The summed E-state index contributed by atoms with van der Waals surface area (Å²) < 4.78 is 12.3. The van der Waals surface area contributed by atoms with E-state index in [9.17, 15) is 0 Å². The van der Waals surface area contributed by atoms with Crippen molar-refractivity contribution in [3.8, 4) is 5.88 Å². The molecule has 96 valence electrons. The lowest BCUT2D eigenvalue weighted by molar-refractivity contribution is 0.327. The quantitative estimate of drug-likeness (QED) is 0.850. The number of pyridine rings is 1. The highest BCUT2D eigenvalue weighted by atomic mass is 79.9. The van der Waals surface area contributed by atoms with Crippen molar-refractivity contribution in [2.75, 3.05) is 11.9 Å². The summed E-state index contributed by atoms with van der Waals surface area (Å²) >= 11 is 6.67. The molecule has 0 radical (unpaired) electrons. The number of hydrogen-bond acceptors (Lipinski definition) is 4. The summed E-state index contributed by atoms with van der Waals surface area (Å²) in [4.78, 5) is 4.17. The highest BCUT2D eigenvalue weighted by Gasteiger charge is 2.05. The summed E-state index contributed by atoms with van der Waals surface area (Å²) in [6, 6.07) is 5.67. The van der Waals surface area contributed by atoms with Crippen LogP contribution < -0.4 is 10.1 Å². The number of halogens is 2. The lowest BCUT2D eigenvalue weighted by atomic mass is 10.4. The van der Waals surface area contributed by atoms with Crippen LogP contribution in [0.4, 0.5) is 5.69 Å². The predicted octanol–water partition coefficient (Wildman–Crippen LogP) is 4.21. The van der Waals surface area contributed by atoms with Gasteiger partial charge in [-0.1, -0.05) is 0 Å². The first-order chi connectivity index (χ1) is 8.69. The molecular formula is C12H12Br2N2O2. The van der Waals surface area contributed by atoms with Gasteiger partial charge >= 0.3 is 0 Å². The number of ether oxygens (including phenoxy) is 1. The molecule has 0 atom stereocenters. The first-order valence-electron chi connectivity index (χ1n) is 5.45. The molecule has 2 aromatic rings. The van der Waals surface area contributed by atoms with Gasteiger partial charge in [0.05, 0.1) is 29.5 Å². The van der Waals surface area contributed by atoms with Crippen LogP contribution in [0.25, 0.3) is 0 Å². The molecular weight excluding hydrogens is 364 g/mol. The normalized spacial score (nSPS) is 10.4. The number of furan rings is 1. The number of hydrogen-bond donors (Lipinski definition) is 1. The van der Waals surface area contributed by atoms with E-state index in [2.05, 4.69) is 42.2 Å². The van der Waals surface area contributed by atoms with E-state index < -0.39 is 0 Å². The van der Waals surface area contributed by atoms with Crippen LogP contribution in [0.15, 0.2) is 38.0 Å².